The molecule has 356 valence electrons. The molecule has 6 atom stereocenters. The van der Waals surface area contributed by atoms with Gasteiger partial charge in [-0.25, -0.2) is 0 Å². The van der Waals surface area contributed by atoms with E-state index in [-0.39, 0.29) is 70.9 Å². The second-order valence-corrected chi connectivity index (χ2v) is 19.8. The molecule has 4 heterocycles. The van der Waals surface area contributed by atoms with Crippen LogP contribution in [0.1, 0.15) is 117 Å². The average molecular weight is 928 g/mol. The summed E-state index contributed by atoms with van der Waals surface area (Å²) in [6, 6.07) is 8.22. The molecule has 6 amide bonds. The third kappa shape index (κ3) is 14.7. The molecule has 0 bridgehead atoms. The molecule has 0 radical (unpaired) electrons. The zero-order valence-corrected chi connectivity index (χ0v) is 39.8. The van der Waals surface area contributed by atoms with Crippen LogP contribution in [0.25, 0.3) is 0 Å². The molecule has 1 aromatic carbocycles. The van der Waals surface area contributed by atoms with Crippen LogP contribution < -0.4 is 26.6 Å². The van der Waals surface area contributed by atoms with Crippen molar-refractivity contribution in [1.29, 1.82) is 0 Å². The highest BCUT2D eigenvalue weighted by Crippen LogP contribution is 2.48. The van der Waals surface area contributed by atoms with Crippen LogP contribution in [0.3, 0.4) is 0 Å². The number of aliphatic hydroxyl groups excluding tert-OH is 1. The summed E-state index contributed by atoms with van der Waals surface area (Å²) in [6.07, 6.45) is 12.8. The molecule has 1 aliphatic carbocycles. The number of carbonyl (C=O) groups is 6. The summed E-state index contributed by atoms with van der Waals surface area (Å²) in [5.74, 6) is 0.806. The van der Waals surface area contributed by atoms with Gasteiger partial charge in [0.15, 0.2) is 5.72 Å². The molecule has 0 aromatic heterocycles. The van der Waals surface area contributed by atoms with Crippen LogP contribution in [0.5, 0.6) is 0 Å². The predicted molar refractivity (Wildman–Crippen MR) is 253 cm³/mol. The molecule has 1 aromatic rings. The van der Waals surface area contributed by atoms with Crippen LogP contribution in [0.15, 0.2) is 42.6 Å². The van der Waals surface area contributed by atoms with Crippen molar-refractivity contribution in [3.8, 4) is 0 Å². The zero-order valence-electron chi connectivity index (χ0n) is 38.2. The van der Waals surface area contributed by atoms with E-state index in [1.54, 1.807) is 11.8 Å². The first-order valence-electron chi connectivity index (χ1n) is 23.7. The van der Waals surface area contributed by atoms with Crippen molar-refractivity contribution in [2.24, 2.45) is 11.8 Å². The largest absolute Gasteiger partial charge is 0.378 e. The first kappa shape index (κ1) is 51.3. The molecule has 6 rings (SSSR count). The number of amides is 6. The molecule has 4 aliphatic heterocycles. The van der Waals surface area contributed by atoms with Crippen molar-refractivity contribution in [2.75, 3.05) is 50.1 Å². The van der Waals surface area contributed by atoms with Crippen molar-refractivity contribution < 1.29 is 38.6 Å². The number of nitrogens with one attached hydrogen (secondary N) is 5. The molecular weight excluding hydrogens is 855 g/mol. The summed E-state index contributed by atoms with van der Waals surface area (Å²) in [4.78, 5) is 79.6. The van der Waals surface area contributed by atoms with Crippen LogP contribution >= 0.6 is 23.5 Å². The summed E-state index contributed by atoms with van der Waals surface area (Å²) in [5, 5.41) is 25.7. The van der Waals surface area contributed by atoms with E-state index < -0.39 is 18.0 Å². The number of ether oxygens (including phenoxy) is 1. The zero-order chi connectivity index (χ0) is 46.1. The van der Waals surface area contributed by atoms with Gasteiger partial charge in [-0.1, -0.05) is 57.9 Å². The third-order valence-electron chi connectivity index (χ3n) is 13.0. The quantitative estimate of drug-likeness (QED) is 0.0336. The number of aliphatic hydroxyl groups is 1. The van der Waals surface area contributed by atoms with Crippen LogP contribution in [0.4, 0.5) is 5.69 Å². The van der Waals surface area contributed by atoms with Crippen molar-refractivity contribution >= 4 is 64.7 Å². The fourth-order valence-corrected chi connectivity index (χ4v) is 11.2. The van der Waals surface area contributed by atoms with Gasteiger partial charge in [-0.05, 0) is 100 Å². The first-order valence-corrected chi connectivity index (χ1v) is 26.0. The Balaban J connectivity index is 0.00000380. The summed E-state index contributed by atoms with van der Waals surface area (Å²) in [5.41, 5.74) is 1.01. The number of thioether (sulfide) groups is 2. The molecule has 5 fully saturated rings. The monoisotopic (exact) mass is 927 g/mol. The molecule has 17 heteroatoms. The number of likely N-dealkylation sites (tertiary alicyclic amines) is 2. The molecule has 5 aliphatic rings. The van der Waals surface area contributed by atoms with Gasteiger partial charge in [0.25, 0.3) is 0 Å². The number of para-hydroxylation sites is 1. The maximum absolute atomic E-state index is 13.2. The Hall–Kier alpha value is -3.64. The highest BCUT2D eigenvalue weighted by atomic mass is 32.2. The van der Waals surface area contributed by atoms with Gasteiger partial charge in [0.1, 0.15) is 18.3 Å². The highest BCUT2D eigenvalue weighted by molar-refractivity contribution is 8.00. The van der Waals surface area contributed by atoms with E-state index in [9.17, 15) is 33.9 Å². The number of imide groups is 1. The van der Waals surface area contributed by atoms with Crippen LogP contribution in [-0.4, -0.2) is 130 Å². The molecule has 6 N–H and O–H groups in total. The molecule has 1 spiro atoms. The van der Waals surface area contributed by atoms with Gasteiger partial charge in [0.05, 0.1) is 17.1 Å². The second kappa shape index (κ2) is 25.9. The summed E-state index contributed by atoms with van der Waals surface area (Å²) in [7, 11) is 0. The standard InChI is InChI=1S/C45H67N7O8S2.C2H6/c1-30-16-21-35(48-30)43(58)50-34(42(57)49-33-12-6-3-7-13-33)14-8-5-11-25-62-37-27-40(55)52(45(37)29-60-45)23-10-4-9-15-38(53)47-28-31-17-19-32(20-18-31)41(56)46-22-24-51-39(54)26-36(61-2)44(51)59;1-2/h3,6-7,12-13,31-32,34-37,41,46,48,56H,1,4-5,8-11,14-29H2,2H3,(H,47,53)(H,49,57)(H,50,58);1-2H3/t31?,32?,34-,35+,36?,37?,41?,45?;/m0./s1. The molecule has 15 nitrogen and oxygen atoms in total. The van der Waals surface area contributed by atoms with Crippen LogP contribution in [0.2, 0.25) is 0 Å². The van der Waals surface area contributed by atoms with Crippen molar-refractivity contribution in [3.63, 3.8) is 0 Å². The van der Waals surface area contributed by atoms with E-state index in [1.807, 2.05) is 55.3 Å². The van der Waals surface area contributed by atoms with Gasteiger partial charge < -0.3 is 36.0 Å². The number of hydrogen-bond acceptors (Lipinski definition) is 12. The van der Waals surface area contributed by atoms with Gasteiger partial charge in [-0.2, -0.15) is 23.5 Å². The number of allylic oxidation sites excluding steroid dienone is 1. The number of carbonyl (C=O) groups excluding carboxylic acids is 6. The average Bonchev–Trinajstić information content (AvgIpc) is 3.80. The SMILES string of the molecule is C=C1CC[C@H](C(=O)N[C@@H](CCCCCSC2CC(=O)N(CCCCCC(=O)NCC3CCC(C(O)NCCN4C(=O)CC(SC)C4=O)CC3)C23CO3)C(=O)Nc2ccccc2)N1.CC. The number of benzene rings is 1. The molecule has 64 heavy (non-hydrogen) atoms. The smallest absolute Gasteiger partial charge is 0.246 e. The Morgan fingerprint density at radius 3 is 2.36 bits per heavy atom. The fraction of sp³-hybridized carbons (Fsp3) is 0.702. The first-order chi connectivity index (χ1) is 31.0. The lowest BCUT2D eigenvalue weighted by Crippen LogP contribution is -2.49. The summed E-state index contributed by atoms with van der Waals surface area (Å²) in [6.45, 7) is 10.4. The molecule has 4 unspecified atom stereocenters. The maximum Gasteiger partial charge on any atom is 0.246 e. The van der Waals surface area contributed by atoms with Gasteiger partial charge >= 0.3 is 0 Å². The maximum atomic E-state index is 13.2. The minimum Gasteiger partial charge on any atom is -0.378 e. The van der Waals surface area contributed by atoms with Crippen molar-refractivity contribution in [1.82, 2.24) is 31.1 Å². The van der Waals surface area contributed by atoms with Gasteiger partial charge in [-0.15, -0.1) is 0 Å². The Kier molecular flexibility index (Phi) is 20.8. The Bertz CT molecular complexity index is 1730. The van der Waals surface area contributed by atoms with E-state index in [1.165, 1.54) is 16.7 Å². The second-order valence-electron chi connectivity index (χ2n) is 17.5. The fourth-order valence-electron chi connectivity index (χ4n) is 9.13. The highest BCUT2D eigenvalue weighted by Gasteiger charge is 2.63. The van der Waals surface area contributed by atoms with Gasteiger partial charge in [0.2, 0.25) is 35.4 Å². The lowest BCUT2D eigenvalue weighted by molar-refractivity contribution is -0.138. The normalized spacial score (nSPS) is 26.0. The number of rotatable bonds is 25. The summed E-state index contributed by atoms with van der Waals surface area (Å²) >= 11 is 3.18. The number of epoxide rings is 1. The van der Waals surface area contributed by atoms with Crippen molar-refractivity contribution in [2.45, 2.75) is 151 Å². The molecular formula is C47H73N7O8S2. The Morgan fingerprint density at radius 1 is 0.953 bits per heavy atom. The van der Waals surface area contributed by atoms with E-state index in [2.05, 4.69) is 33.2 Å². The number of unbranched alkanes of at least 4 members (excludes halogenated alkanes) is 4. The minimum absolute atomic E-state index is 0.0444. The van der Waals surface area contributed by atoms with Crippen molar-refractivity contribution in [3.05, 3.63) is 42.6 Å². The van der Waals surface area contributed by atoms with Crippen LogP contribution in [0, 0.1) is 11.8 Å². The van der Waals surface area contributed by atoms with Gasteiger partial charge in [-0.3, -0.25) is 39.0 Å². The Morgan fingerprint density at radius 2 is 1.69 bits per heavy atom. The number of anilines is 1. The number of hydrogen-bond donors (Lipinski definition) is 6. The van der Waals surface area contributed by atoms with E-state index >= 15 is 0 Å². The molecule has 4 saturated heterocycles. The van der Waals surface area contributed by atoms with Crippen LogP contribution in [-0.2, 0) is 33.5 Å². The summed E-state index contributed by atoms with van der Waals surface area (Å²) < 4.78 is 5.96. The third-order valence-corrected chi connectivity index (χ3v) is 15.4. The molecule has 1 saturated carbocycles. The van der Waals surface area contributed by atoms with E-state index in [0.29, 0.717) is 63.5 Å². The van der Waals surface area contributed by atoms with E-state index in [4.69, 9.17) is 4.74 Å². The lowest BCUT2D eigenvalue weighted by atomic mass is 9.81. The van der Waals surface area contributed by atoms with Gasteiger partial charge in [0, 0.05) is 56.8 Å². The lowest BCUT2D eigenvalue weighted by Gasteiger charge is -2.32. The minimum atomic E-state index is -0.691. The predicted octanol–water partition coefficient (Wildman–Crippen LogP) is 4.90. The number of nitrogens with zero attached hydrogens (tertiary/aromatic N) is 2. The topological polar surface area (TPSA) is 202 Å². The Labute approximate surface area is 388 Å². The van der Waals surface area contributed by atoms with E-state index in [0.717, 1.165) is 82.1 Å².